The van der Waals surface area contributed by atoms with Crippen molar-refractivity contribution in [3.05, 3.63) is 24.8 Å². The van der Waals surface area contributed by atoms with Gasteiger partial charge in [0, 0.05) is 9.99 Å². The highest BCUT2D eigenvalue weighted by atomic mass is 127. The van der Waals surface area contributed by atoms with Crippen LogP contribution < -0.4 is 4.90 Å². The van der Waals surface area contributed by atoms with Gasteiger partial charge in [0.1, 0.15) is 17.9 Å². The quantitative estimate of drug-likeness (QED) is 0.480. The van der Waals surface area contributed by atoms with Crippen molar-refractivity contribution in [2.24, 2.45) is 0 Å². The Labute approximate surface area is 146 Å². The molecule has 0 bridgehead atoms. The first-order chi connectivity index (χ1) is 9.31. The number of hydrogen-bond donors (Lipinski definition) is 2. The molecular formula is C14H18I2NO3+. The molecule has 1 aliphatic heterocycles. The van der Waals surface area contributed by atoms with E-state index in [0.717, 1.165) is 29.5 Å². The first-order valence-electron chi connectivity index (χ1n) is 6.53. The van der Waals surface area contributed by atoms with Gasteiger partial charge in [-0.25, -0.2) is 4.79 Å². The number of quaternary nitrogens is 1. The lowest BCUT2D eigenvalue weighted by Crippen LogP contribution is -3.12. The number of piperidine rings is 1. The van der Waals surface area contributed by atoms with Crippen LogP contribution in [0.15, 0.2) is 12.1 Å². The van der Waals surface area contributed by atoms with E-state index in [1.54, 1.807) is 6.07 Å². The van der Waals surface area contributed by atoms with Gasteiger partial charge in [-0.2, -0.15) is 0 Å². The van der Waals surface area contributed by atoms with Crippen LogP contribution in [0, 0.1) is 7.14 Å². The van der Waals surface area contributed by atoms with Crippen LogP contribution >= 0.6 is 45.2 Å². The highest BCUT2D eigenvalue weighted by molar-refractivity contribution is 14.1. The number of carbonyl (C=O) groups is 1. The molecule has 110 valence electrons. The predicted molar refractivity (Wildman–Crippen MR) is 93.2 cm³/mol. The van der Waals surface area contributed by atoms with Crippen molar-refractivity contribution in [3.63, 3.8) is 0 Å². The summed E-state index contributed by atoms with van der Waals surface area (Å²) in [7, 11) is 2.11. The smallest absolute Gasteiger partial charge is 0.342 e. The number of aromatic hydroxyl groups is 1. The van der Waals surface area contributed by atoms with Gasteiger partial charge in [-0.15, -0.1) is 0 Å². The molecule has 1 aliphatic rings. The molecule has 0 spiro atoms. The van der Waals surface area contributed by atoms with Crippen LogP contribution in [0.5, 0.6) is 5.75 Å². The van der Waals surface area contributed by atoms with E-state index >= 15 is 0 Å². The number of hydrogen-bond acceptors (Lipinski definition) is 3. The fraction of sp³-hybridized carbons (Fsp3) is 0.500. The minimum absolute atomic E-state index is 0.0103. The monoisotopic (exact) mass is 502 g/mol. The Kier molecular flexibility index (Phi) is 5.17. The van der Waals surface area contributed by atoms with E-state index in [0.29, 0.717) is 3.57 Å². The number of ether oxygens (including phenoxy) is 1. The Morgan fingerprint density at radius 3 is 2.80 bits per heavy atom. The first-order valence-corrected chi connectivity index (χ1v) is 8.69. The average molecular weight is 502 g/mol. The molecule has 6 heteroatoms. The van der Waals surface area contributed by atoms with Gasteiger partial charge in [-0.05, 0) is 70.7 Å². The number of halogens is 2. The molecule has 0 radical (unpaired) electrons. The fourth-order valence-corrected chi connectivity index (χ4v) is 4.51. The number of phenols is 1. The number of carbonyl (C=O) groups excluding carboxylic acids is 1. The van der Waals surface area contributed by atoms with Crippen LogP contribution in [0.4, 0.5) is 0 Å². The minimum atomic E-state index is -0.446. The van der Waals surface area contributed by atoms with E-state index in [4.69, 9.17) is 4.74 Å². The van der Waals surface area contributed by atoms with Crippen LogP contribution in [0.2, 0.25) is 0 Å². The number of rotatable bonds is 2. The number of nitrogens with one attached hydrogen (secondary N) is 1. The normalized spacial score (nSPS) is 26.3. The second kappa shape index (κ2) is 6.35. The third-order valence-electron chi connectivity index (χ3n) is 3.57. The number of likely N-dealkylation sites (tertiary alicyclic amines) is 1. The maximum atomic E-state index is 12.4. The SMILES string of the molecule is C[NH+]1CCCC(C)(OC(=O)c2cc(I)cc(I)c2O)C1. The topological polar surface area (TPSA) is 51.0 Å². The van der Waals surface area contributed by atoms with E-state index in [-0.39, 0.29) is 11.3 Å². The summed E-state index contributed by atoms with van der Waals surface area (Å²) in [4.78, 5) is 13.7. The van der Waals surface area contributed by atoms with Gasteiger partial charge < -0.3 is 14.7 Å². The van der Waals surface area contributed by atoms with Gasteiger partial charge in [0.25, 0.3) is 0 Å². The number of esters is 1. The van der Waals surface area contributed by atoms with Crippen molar-refractivity contribution < 1.29 is 19.5 Å². The molecule has 2 rings (SSSR count). The van der Waals surface area contributed by atoms with Crippen molar-refractivity contribution in [1.29, 1.82) is 0 Å². The zero-order valence-electron chi connectivity index (χ0n) is 11.5. The second-order valence-electron chi connectivity index (χ2n) is 5.61. The van der Waals surface area contributed by atoms with Crippen molar-refractivity contribution in [3.8, 4) is 5.75 Å². The summed E-state index contributed by atoms with van der Waals surface area (Å²) in [5, 5.41) is 10.0. The standard InChI is InChI=1S/C14H17I2NO3/c1-14(4-3-5-17(2)8-14)20-13(19)10-6-9(15)7-11(16)12(10)18/h6-7,18H,3-5,8H2,1-2H3/p+1. The molecule has 4 nitrogen and oxygen atoms in total. The molecule has 0 aliphatic carbocycles. The molecule has 2 unspecified atom stereocenters. The van der Waals surface area contributed by atoms with Crippen molar-refractivity contribution in [1.82, 2.24) is 0 Å². The van der Waals surface area contributed by atoms with E-state index in [9.17, 15) is 9.90 Å². The second-order valence-corrected chi connectivity index (χ2v) is 8.02. The summed E-state index contributed by atoms with van der Waals surface area (Å²) < 4.78 is 7.27. The van der Waals surface area contributed by atoms with Crippen molar-refractivity contribution >= 4 is 51.2 Å². The zero-order valence-corrected chi connectivity index (χ0v) is 15.8. The summed E-state index contributed by atoms with van der Waals surface area (Å²) in [6, 6.07) is 3.50. The van der Waals surface area contributed by atoms with Gasteiger partial charge in [0.2, 0.25) is 0 Å². The Bertz CT molecular complexity index is 535. The van der Waals surface area contributed by atoms with E-state index in [2.05, 4.69) is 29.6 Å². The zero-order chi connectivity index (χ0) is 14.9. The number of benzene rings is 1. The Morgan fingerprint density at radius 1 is 1.45 bits per heavy atom. The highest BCUT2D eigenvalue weighted by Crippen LogP contribution is 2.29. The summed E-state index contributed by atoms with van der Waals surface area (Å²) in [6.07, 6.45) is 1.92. The fourth-order valence-electron chi connectivity index (χ4n) is 2.67. The molecular weight excluding hydrogens is 484 g/mol. The molecule has 0 amide bonds. The number of likely N-dealkylation sites (N-methyl/N-ethyl adjacent to an activating group) is 1. The van der Waals surface area contributed by atoms with E-state index in [1.807, 2.05) is 35.6 Å². The van der Waals surface area contributed by atoms with Gasteiger partial charge in [-0.3, -0.25) is 0 Å². The van der Waals surface area contributed by atoms with Gasteiger partial charge in [0.05, 0.1) is 17.2 Å². The summed E-state index contributed by atoms with van der Waals surface area (Å²) in [6.45, 7) is 3.89. The summed E-state index contributed by atoms with van der Waals surface area (Å²) in [5.74, 6) is -0.424. The molecule has 1 aromatic rings. The van der Waals surface area contributed by atoms with Gasteiger partial charge in [-0.1, -0.05) is 0 Å². The highest BCUT2D eigenvalue weighted by Gasteiger charge is 2.37. The van der Waals surface area contributed by atoms with Crippen LogP contribution in [0.25, 0.3) is 0 Å². The van der Waals surface area contributed by atoms with Crippen LogP contribution in [-0.2, 0) is 4.74 Å². The lowest BCUT2D eigenvalue weighted by Gasteiger charge is -2.35. The Hall–Kier alpha value is -0.0900. The molecule has 1 saturated heterocycles. The molecule has 20 heavy (non-hydrogen) atoms. The minimum Gasteiger partial charge on any atom is -0.506 e. The van der Waals surface area contributed by atoms with Crippen molar-refractivity contribution in [2.45, 2.75) is 25.4 Å². The third-order valence-corrected chi connectivity index (χ3v) is 5.02. The number of phenolic OH excluding ortho intramolecular Hbond substituents is 1. The van der Waals surface area contributed by atoms with E-state index in [1.165, 1.54) is 4.90 Å². The largest absolute Gasteiger partial charge is 0.506 e. The molecule has 2 atom stereocenters. The first kappa shape index (κ1) is 16.3. The summed E-state index contributed by atoms with van der Waals surface area (Å²) in [5.41, 5.74) is -0.191. The van der Waals surface area contributed by atoms with Gasteiger partial charge in [0.15, 0.2) is 5.60 Å². The molecule has 2 N–H and O–H groups in total. The lowest BCUT2D eigenvalue weighted by atomic mass is 9.95. The lowest BCUT2D eigenvalue weighted by molar-refractivity contribution is -0.891. The third kappa shape index (κ3) is 3.76. The predicted octanol–water partition coefficient (Wildman–Crippen LogP) is 1.83. The van der Waals surface area contributed by atoms with Crippen LogP contribution in [0.1, 0.15) is 30.1 Å². The molecule has 1 heterocycles. The van der Waals surface area contributed by atoms with Gasteiger partial charge >= 0.3 is 5.97 Å². The Balaban J connectivity index is 2.20. The Morgan fingerprint density at radius 2 is 2.15 bits per heavy atom. The maximum Gasteiger partial charge on any atom is 0.342 e. The molecule has 0 saturated carbocycles. The molecule has 1 aromatic carbocycles. The van der Waals surface area contributed by atoms with Crippen LogP contribution in [-0.4, -0.2) is 36.8 Å². The maximum absolute atomic E-state index is 12.4. The average Bonchev–Trinajstić information content (AvgIpc) is 2.32. The molecule has 1 fully saturated rings. The molecule has 0 aromatic heterocycles. The van der Waals surface area contributed by atoms with Crippen molar-refractivity contribution in [2.75, 3.05) is 20.1 Å². The van der Waals surface area contributed by atoms with Crippen LogP contribution in [0.3, 0.4) is 0 Å². The summed E-state index contributed by atoms with van der Waals surface area (Å²) >= 11 is 4.15. The van der Waals surface area contributed by atoms with E-state index < -0.39 is 11.6 Å².